The van der Waals surface area contributed by atoms with E-state index < -0.39 is 0 Å². The lowest BCUT2D eigenvalue weighted by atomic mass is 9.86. The molecule has 0 bridgehead atoms. The van der Waals surface area contributed by atoms with Crippen LogP contribution in [-0.2, 0) is 6.42 Å². The van der Waals surface area contributed by atoms with E-state index in [4.69, 9.17) is 0 Å². The number of benzene rings is 1. The van der Waals surface area contributed by atoms with Gasteiger partial charge in [-0.25, -0.2) is 0 Å². The monoisotopic (exact) mass is 260 g/mol. The van der Waals surface area contributed by atoms with Gasteiger partial charge < -0.3 is 10.6 Å². The molecule has 19 heavy (non-hydrogen) atoms. The summed E-state index contributed by atoms with van der Waals surface area (Å²) in [5.74, 6) is 0.847. The van der Waals surface area contributed by atoms with Gasteiger partial charge in [0, 0.05) is 18.3 Å². The maximum atomic E-state index is 3.60. The molecule has 2 rings (SSSR count). The van der Waals surface area contributed by atoms with Crippen molar-refractivity contribution in [3.63, 3.8) is 0 Å². The van der Waals surface area contributed by atoms with Gasteiger partial charge in [0.1, 0.15) is 0 Å². The van der Waals surface area contributed by atoms with E-state index in [0.29, 0.717) is 0 Å². The zero-order valence-corrected chi connectivity index (χ0v) is 12.4. The van der Waals surface area contributed by atoms with Crippen LogP contribution in [0.15, 0.2) is 24.3 Å². The molecule has 1 aliphatic carbocycles. The molecule has 2 nitrogen and oxygen atoms in total. The summed E-state index contributed by atoms with van der Waals surface area (Å²) in [6.45, 7) is 3.36. The van der Waals surface area contributed by atoms with Crippen molar-refractivity contribution in [3.05, 3.63) is 29.8 Å². The summed E-state index contributed by atoms with van der Waals surface area (Å²) in [7, 11) is 2.08. The fourth-order valence-corrected chi connectivity index (χ4v) is 3.00. The first-order valence-electron chi connectivity index (χ1n) is 7.82. The lowest BCUT2D eigenvalue weighted by Crippen LogP contribution is -2.32. The van der Waals surface area contributed by atoms with E-state index in [9.17, 15) is 0 Å². The Morgan fingerprint density at radius 3 is 2.32 bits per heavy atom. The molecule has 106 valence electrons. The van der Waals surface area contributed by atoms with Crippen LogP contribution in [0.3, 0.4) is 0 Å². The number of anilines is 1. The van der Waals surface area contributed by atoms with Gasteiger partial charge >= 0.3 is 0 Å². The van der Waals surface area contributed by atoms with Gasteiger partial charge in [-0.05, 0) is 62.8 Å². The Labute approximate surface area is 118 Å². The largest absolute Gasteiger partial charge is 0.385 e. The average molecular weight is 260 g/mol. The molecular formula is C17H28N2. The fourth-order valence-electron chi connectivity index (χ4n) is 3.00. The summed E-state index contributed by atoms with van der Waals surface area (Å²) < 4.78 is 0. The Bertz CT molecular complexity index is 350. The number of hydrogen-bond acceptors (Lipinski definition) is 2. The molecule has 1 saturated carbocycles. The summed E-state index contributed by atoms with van der Waals surface area (Å²) in [5, 5.41) is 6.99. The molecule has 0 atom stereocenters. The van der Waals surface area contributed by atoms with Crippen molar-refractivity contribution in [1.29, 1.82) is 0 Å². The first-order valence-corrected chi connectivity index (χ1v) is 7.82. The molecule has 0 aromatic heterocycles. The van der Waals surface area contributed by atoms with Gasteiger partial charge in [-0.1, -0.05) is 25.5 Å². The standard InChI is InChI=1S/C17H28N2/c1-3-4-14-5-11-17(12-6-14)19-13-15-7-9-16(18-2)10-8-15/h5-6,11-12,15-16,18-19H,3-4,7-10,13H2,1-2H3. The molecule has 0 spiro atoms. The Morgan fingerprint density at radius 1 is 1.05 bits per heavy atom. The highest BCUT2D eigenvalue weighted by Gasteiger charge is 2.19. The minimum absolute atomic E-state index is 0.754. The Balaban J connectivity index is 1.73. The predicted octanol–water partition coefficient (Wildman–Crippen LogP) is 3.83. The molecule has 0 amide bonds. The molecule has 0 radical (unpaired) electrons. The number of hydrogen-bond donors (Lipinski definition) is 2. The van der Waals surface area contributed by atoms with Crippen LogP contribution < -0.4 is 10.6 Å². The molecule has 1 aromatic rings. The van der Waals surface area contributed by atoms with Gasteiger partial charge in [-0.3, -0.25) is 0 Å². The van der Waals surface area contributed by atoms with Gasteiger partial charge in [0.2, 0.25) is 0 Å². The number of rotatable bonds is 6. The van der Waals surface area contributed by atoms with E-state index in [0.717, 1.165) is 18.5 Å². The first-order chi connectivity index (χ1) is 9.31. The maximum Gasteiger partial charge on any atom is 0.0340 e. The zero-order valence-electron chi connectivity index (χ0n) is 12.4. The maximum absolute atomic E-state index is 3.60. The summed E-state index contributed by atoms with van der Waals surface area (Å²) in [4.78, 5) is 0. The number of nitrogens with one attached hydrogen (secondary N) is 2. The van der Waals surface area contributed by atoms with E-state index in [1.54, 1.807) is 0 Å². The van der Waals surface area contributed by atoms with E-state index in [1.807, 2.05) is 0 Å². The molecule has 1 aliphatic rings. The van der Waals surface area contributed by atoms with E-state index in [2.05, 4.69) is 48.9 Å². The van der Waals surface area contributed by atoms with Crippen LogP contribution in [0.2, 0.25) is 0 Å². The quantitative estimate of drug-likeness (QED) is 0.812. The molecule has 0 heterocycles. The normalized spacial score (nSPS) is 23.3. The Hall–Kier alpha value is -1.02. The van der Waals surface area contributed by atoms with Crippen LogP contribution in [0.4, 0.5) is 5.69 Å². The number of aryl methyl sites for hydroxylation is 1. The van der Waals surface area contributed by atoms with E-state index in [-0.39, 0.29) is 0 Å². The van der Waals surface area contributed by atoms with Crippen molar-refractivity contribution in [2.45, 2.75) is 51.5 Å². The Morgan fingerprint density at radius 2 is 1.74 bits per heavy atom. The van der Waals surface area contributed by atoms with Crippen LogP contribution in [0, 0.1) is 5.92 Å². The molecule has 2 N–H and O–H groups in total. The molecule has 0 aliphatic heterocycles. The van der Waals surface area contributed by atoms with Crippen LogP contribution in [0.25, 0.3) is 0 Å². The van der Waals surface area contributed by atoms with Crippen molar-refractivity contribution in [1.82, 2.24) is 5.32 Å². The van der Waals surface area contributed by atoms with E-state index >= 15 is 0 Å². The van der Waals surface area contributed by atoms with Gasteiger partial charge in [0.25, 0.3) is 0 Å². The second-order valence-corrected chi connectivity index (χ2v) is 5.83. The van der Waals surface area contributed by atoms with Crippen molar-refractivity contribution in [2.75, 3.05) is 18.9 Å². The third-order valence-electron chi connectivity index (χ3n) is 4.34. The summed E-state index contributed by atoms with van der Waals surface area (Å²) in [5.41, 5.74) is 2.72. The molecule has 2 heteroatoms. The van der Waals surface area contributed by atoms with Crippen molar-refractivity contribution >= 4 is 5.69 Å². The molecule has 1 aromatic carbocycles. The summed E-state index contributed by atoms with van der Waals surface area (Å²) >= 11 is 0. The third-order valence-corrected chi connectivity index (χ3v) is 4.34. The highest BCUT2D eigenvalue weighted by molar-refractivity contribution is 5.44. The van der Waals surface area contributed by atoms with Crippen molar-refractivity contribution in [3.8, 4) is 0 Å². The van der Waals surface area contributed by atoms with Gasteiger partial charge in [0.15, 0.2) is 0 Å². The minimum atomic E-state index is 0.754. The van der Waals surface area contributed by atoms with Crippen LogP contribution in [0.1, 0.15) is 44.6 Å². The second-order valence-electron chi connectivity index (χ2n) is 5.83. The average Bonchev–Trinajstić information content (AvgIpc) is 2.47. The molecule has 0 saturated heterocycles. The van der Waals surface area contributed by atoms with Crippen LogP contribution >= 0.6 is 0 Å². The minimum Gasteiger partial charge on any atom is -0.385 e. The topological polar surface area (TPSA) is 24.1 Å². The lowest BCUT2D eigenvalue weighted by Gasteiger charge is -2.28. The van der Waals surface area contributed by atoms with Gasteiger partial charge in [0.05, 0.1) is 0 Å². The highest BCUT2D eigenvalue weighted by atomic mass is 14.9. The van der Waals surface area contributed by atoms with Crippen LogP contribution in [-0.4, -0.2) is 19.6 Å². The third kappa shape index (κ3) is 4.54. The smallest absolute Gasteiger partial charge is 0.0340 e. The molecule has 1 fully saturated rings. The van der Waals surface area contributed by atoms with Gasteiger partial charge in [-0.15, -0.1) is 0 Å². The SMILES string of the molecule is CCCc1ccc(NCC2CCC(NC)CC2)cc1. The van der Waals surface area contributed by atoms with Crippen molar-refractivity contribution in [2.24, 2.45) is 5.92 Å². The summed E-state index contributed by atoms with van der Waals surface area (Å²) in [6.07, 6.45) is 7.78. The second kappa shape index (κ2) is 7.54. The van der Waals surface area contributed by atoms with Crippen molar-refractivity contribution < 1.29 is 0 Å². The van der Waals surface area contributed by atoms with Crippen LogP contribution in [0.5, 0.6) is 0 Å². The predicted molar refractivity (Wildman–Crippen MR) is 83.7 cm³/mol. The highest BCUT2D eigenvalue weighted by Crippen LogP contribution is 2.24. The first kappa shape index (κ1) is 14.4. The molecule has 0 unspecified atom stereocenters. The summed E-state index contributed by atoms with van der Waals surface area (Å²) in [6, 6.07) is 9.71. The fraction of sp³-hybridized carbons (Fsp3) is 0.647. The van der Waals surface area contributed by atoms with E-state index in [1.165, 1.54) is 49.8 Å². The zero-order chi connectivity index (χ0) is 13.5. The van der Waals surface area contributed by atoms with Gasteiger partial charge in [-0.2, -0.15) is 0 Å². The lowest BCUT2D eigenvalue weighted by molar-refractivity contribution is 0.312. The Kier molecular flexibility index (Phi) is 5.71. The molecular weight excluding hydrogens is 232 g/mol.